The van der Waals surface area contributed by atoms with E-state index in [1.807, 2.05) is 11.3 Å². The maximum absolute atomic E-state index is 2.60. The zero-order valence-corrected chi connectivity index (χ0v) is 37.0. The first-order chi connectivity index (χ1) is 32.8. The Hall–Kier alpha value is -7.92. The Kier molecular flexibility index (Phi) is 8.41. The van der Waals surface area contributed by atoms with Gasteiger partial charge >= 0.3 is 0 Å². The molecule has 0 radical (unpaired) electrons. The van der Waals surface area contributed by atoms with Gasteiger partial charge in [0.2, 0.25) is 0 Å². The Bertz CT molecular complexity index is 4080. The number of benzene rings is 9. The lowest BCUT2D eigenvalue weighted by Crippen LogP contribution is -2.39. The molecule has 0 bridgehead atoms. The van der Waals surface area contributed by atoms with Crippen LogP contribution in [0.3, 0.4) is 0 Å². The Morgan fingerprint density at radius 3 is 2.02 bits per heavy atom. The summed E-state index contributed by atoms with van der Waals surface area (Å²) in [6.45, 7) is 0. The first-order valence-electron chi connectivity index (χ1n) is 23.2. The van der Waals surface area contributed by atoms with Crippen molar-refractivity contribution in [1.82, 2.24) is 9.13 Å². The molecule has 0 saturated heterocycles. The van der Waals surface area contributed by atoms with Gasteiger partial charge in [-0.3, -0.25) is 0 Å². The summed E-state index contributed by atoms with van der Waals surface area (Å²) in [4.78, 5) is 2.60. The van der Waals surface area contributed by atoms with Crippen molar-refractivity contribution >= 4 is 105 Å². The lowest BCUT2D eigenvalue weighted by atomic mass is 9.88. The van der Waals surface area contributed by atoms with E-state index in [1.54, 1.807) is 0 Å². The predicted molar refractivity (Wildman–Crippen MR) is 282 cm³/mol. The molecule has 0 spiro atoms. The standard InChI is InChI=1S/C62H43N3S/c1-3-16-41(17-4-1)64-56-28-13-11-22-49(56)54-38-44(34-36-57(54)64)63(43-32-30-40(31-33-43)46-26-15-27-53-50-23-12-14-29-59(50)66-62(46)53)45-35-37-58-55(39-45)60-51-24-9-7-20-47(51)48-21-8-10-25-52(48)61(60)65(58)42-18-5-2-6-19-42/h1-7,9-20,22-34,36-39,45H,8,21,35H2. The second kappa shape index (κ2) is 14.8. The molecule has 2 aliphatic carbocycles. The lowest BCUT2D eigenvalue weighted by molar-refractivity contribution is 0.832. The molecule has 4 heteroatoms. The number of hydrogen-bond acceptors (Lipinski definition) is 2. The predicted octanol–water partition coefficient (Wildman–Crippen LogP) is 15.0. The van der Waals surface area contributed by atoms with Crippen molar-refractivity contribution in [2.45, 2.75) is 25.3 Å². The van der Waals surface area contributed by atoms with Gasteiger partial charge in [-0.1, -0.05) is 152 Å². The number of allylic oxidation sites excluding steroid dienone is 1. The van der Waals surface area contributed by atoms with Crippen LogP contribution in [0.15, 0.2) is 200 Å². The number of thiophene rings is 1. The first-order valence-corrected chi connectivity index (χ1v) is 24.0. The summed E-state index contributed by atoms with van der Waals surface area (Å²) < 4.78 is 7.63. The highest BCUT2D eigenvalue weighted by Crippen LogP contribution is 2.43. The highest BCUT2D eigenvalue weighted by Gasteiger charge is 2.27. The van der Waals surface area contributed by atoms with Crippen molar-refractivity contribution in [2.24, 2.45) is 0 Å². The van der Waals surface area contributed by atoms with Gasteiger partial charge in [0.1, 0.15) is 0 Å². The fourth-order valence-electron chi connectivity index (χ4n) is 11.4. The van der Waals surface area contributed by atoms with E-state index in [2.05, 4.69) is 232 Å². The number of nitrogens with zero attached hydrogens (tertiary/aromatic N) is 3. The lowest BCUT2D eigenvalue weighted by Gasteiger charge is -2.33. The smallest absolute Gasteiger partial charge is 0.0622 e. The quantitative estimate of drug-likeness (QED) is 0.162. The second-order valence-electron chi connectivity index (χ2n) is 17.8. The van der Waals surface area contributed by atoms with E-state index in [4.69, 9.17) is 0 Å². The van der Waals surface area contributed by atoms with Gasteiger partial charge in [-0.05, 0) is 113 Å². The van der Waals surface area contributed by atoms with Gasteiger partial charge in [-0.2, -0.15) is 0 Å². The summed E-state index contributed by atoms with van der Waals surface area (Å²) >= 11 is 1.89. The molecular formula is C62H43N3S. The van der Waals surface area contributed by atoms with Gasteiger partial charge in [-0.25, -0.2) is 0 Å². The number of anilines is 2. The van der Waals surface area contributed by atoms with Crippen molar-refractivity contribution < 1.29 is 0 Å². The Morgan fingerprint density at radius 2 is 1.20 bits per heavy atom. The van der Waals surface area contributed by atoms with Crippen LogP contribution < -0.4 is 15.5 Å². The van der Waals surface area contributed by atoms with E-state index in [9.17, 15) is 0 Å². The molecule has 1 unspecified atom stereocenters. The van der Waals surface area contributed by atoms with Crippen molar-refractivity contribution in [1.29, 1.82) is 0 Å². The number of rotatable bonds is 6. The van der Waals surface area contributed by atoms with Crippen LogP contribution in [0, 0.1) is 0 Å². The van der Waals surface area contributed by atoms with E-state index < -0.39 is 0 Å². The van der Waals surface area contributed by atoms with E-state index in [-0.39, 0.29) is 6.04 Å². The number of aryl methyl sites for hydroxylation is 1. The molecule has 312 valence electrons. The summed E-state index contributed by atoms with van der Waals surface area (Å²) in [7, 11) is 0. The zero-order valence-electron chi connectivity index (χ0n) is 36.2. The molecule has 3 heterocycles. The zero-order chi connectivity index (χ0) is 43.3. The molecule has 0 fully saturated rings. The normalized spacial score (nSPS) is 14.5. The van der Waals surface area contributed by atoms with Gasteiger partial charge in [0.05, 0.1) is 22.6 Å². The molecule has 0 saturated carbocycles. The van der Waals surface area contributed by atoms with Crippen molar-refractivity contribution in [3.05, 3.63) is 222 Å². The van der Waals surface area contributed by atoms with Gasteiger partial charge < -0.3 is 14.0 Å². The second-order valence-corrected chi connectivity index (χ2v) is 18.9. The third-order valence-electron chi connectivity index (χ3n) is 14.3. The average Bonchev–Trinajstić information content (AvgIpc) is 4.05. The van der Waals surface area contributed by atoms with Crippen LogP contribution in [0.5, 0.6) is 0 Å². The minimum Gasteiger partial charge on any atom is -0.334 e. The first kappa shape index (κ1) is 37.5. The maximum atomic E-state index is 2.60. The van der Waals surface area contributed by atoms with Crippen LogP contribution in [-0.2, 0) is 6.42 Å². The van der Waals surface area contributed by atoms with E-state index in [0.29, 0.717) is 0 Å². The molecule has 0 amide bonds. The van der Waals surface area contributed by atoms with E-state index >= 15 is 0 Å². The molecule has 3 aromatic heterocycles. The summed E-state index contributed by atoms with van der Waals surface area (Å²) in [6, 6.07) is 71.9. The molecule has 2 aliphatic rings. The summed E-state index contributed by atoms with van der Waals surface area (Å²) in [5.41, 5.74) is 13.8. The Balaban J connectivity index is 1.01. The van der Waals surface area contributed by atoms with Crippen LogP contribution in [0.4, 0.5) is 11.4 Å². The van der Waals surface area contributed by atoms with Gasteiger partial charge in [-0.15, -0.1) is 11.3 Å². The van der Waals surface area contributed by atoms with E-state index in [0.717, 1.165) is 19.3 Å². The molecule has 14 rings (SSSR count). The van der Waals surface area contributed by atoms with Gasteiger partial charge in [0.15, 0.2) is 0 Å². The van der Waals surface area contributed by atoms with Crippen molar-refractivity contribution in [3.8, 4) is 22.5 Å². The topological polar surface area (TPSA) is 13.1 Å². The van der Waals surface area contributed by atoms with Crippen LogP contribution in [0.2, 0.25) is 0 Å². The molecule has 3 nitrogen and oxygen atoms in total. The molecule has 66 heavy (non-hydrogen) atoms. The van der Waals surface area contributed by atoms with E-state index in [1.165, 1.54) is 119 Å². The Morgan fingerprint density at radius 1 is 0.530 bits per heavy atom. The van der Waals surface area contributed by atoms with Crippen molar-refractivity contribution in [2.75, 3.05) is 4.90 Å². The van der Waals surface area contributed by atoms with Crippen molar-refractivity contribution in [3.63, 3.8) is 0 Å². The summed E-state index contributed by atoms with van der Waals surface area (Å²) in [6.07, 6.45) is 12.8. The maximum Gasteiger partial charge on any atom is 0.0622 e. The third kappa shape index (κ3) is 5.61. The molecule has 1 atom stereocenters. The third-order valence-corrected chi connectivity index (χ3v) is 15.5. The summed E-state index contributed by atoms with van der Waals surface area (Å²) in [5.74, 6) is 0. The Labute approximate surface area is 386 Å². The number of hydrogen-bond donors (Lipinski definition) is 0. The van der Waals surface area contributed by atoms with Crippen LogP contribution in [0.25, 0.3) is 104 Å². The fraction of sp³-hybridized carbons (Fsp3) is 0.0645. The van der Waals surface area contributed by atoms with Gasteiger partial charge in [0, 0.05) is 75.2 Å². The van der Waals surface area contributed by atoms with Crippen LogP contribution in [0.1, 0.15) is 24.0 Å². The molecule has 0 N–H and O–H groups in total. The van der Waals surface area contributed by atoms with Crippen LogP contribution >= 0.6 is 11.3 Å². The number of aromatic nitrogens is 2. The minimum atomic E-state index is 0.0365. The number of fused-ring (bicyclic) bond motifs is 14. The fourth-order valence-corrected chi connectivity index (χ4v) is 12.7. The molecule has 9 aromatic carbocycles. The monoisotopic (exact) mass is 861 g/mol. The SMILES string of the molecule is C1=Cc2c(c3ccccc3c3c4c(n(-c5ccccc5)c23)=CCC(N(c2ccc(-c3cccc5c3sc3ccccc35)cc2)c2ccc3c(c2)c2ccccc2n3-c2ccccc2)C=4)CC1. The molecule has 12 aromatic rings. The molecule has 0 aliphatic heterocycles. The summed E-state index contributed by atoms with van der Waals surface area (Å²) in [5, 5.41) is 11.8. The highest BCUT2D eigenvalue weighted by atomic mass is 32.1. The highest BCUT2D eigenvalue weighted by molar-refractivity contribution is 7.26. The van der Waals surface area contributed by atoms with Gasteiger partial charge in [0.25, 0.3) is 0 Å². The van der Waals surface area contributed by atoms with Crippen LogP contribution in [-0.4, -0.2) is 15.2 Å². The largest absolute Gasteiger partial charge is 0.334 e. The minimum absolute atomic E-state index is 0.0365. The average molecular weight is 862 g/mol. The number of para-hydroxylation sites is 3. The molecular weight excluding hydrogens is 819 g/mol.